The van der Waals surface area contributed by atoms with Gasteiger partial charge in [-0.05, 0) is 51.3 Å². The van der Waals surface area contributed by atoms with E-state index in [2.05, 4.69) is 20.2 Å². The molecule has 0 aromatic carbocycles. The number of amides is 1. The number of piperidine rings is 1. The summed E-state index contributed by atoms with van der Waals surface area (Å²) < 4.78 is 0. The van der Waals surface area contributed by atoms with Gasteiger partial charge in [-0.3, -0.25) is 9.78 Å². The predicted molar refractivity (Wildman–Crippen MR) is 112 cm³/mol. The van der Waals surface area contributed by atoms with Gasteiger partial charge in [0.05, 0.1) is 22.7 Å². The Morgan fingerprint density at radius 3 is 2.71 bits per heavy atom. The third-order valence-corrected chi connectivity index (χ3v) is 5.18. The molecule has 1 aliphatic rings. The molecule has 3 heterocycles. The highest BCUT2D eigenvalue weighted by Crippen LogP contribution is 2.31. The number of nitrogens with one attached hydrogen (secondary N) is 1. The first kappa shape index (κ1) is 20.6. The third kappa shape index (κ3) is 5.20. The Bertz CT molecular complexity index is 843. The van der Waals surface area contributed by atoms with Crippen LogP contribution in [0.1, 0.15) is 38.7 Å². The third-order valence-electron chi connectivity index (χ3n) is 4.88. The Morgan fingerprint density at radius 1 is 1.36 bits per heavy atom. The molecule has 0 atom stereocenters. The Balaban J connectivity index is 1.66. The first-order valence-electron chi connectivity index (χ1n) is 9.57. The molecular weight excluding hydrogens is 376 g/mol. The van der Waals surface area contributed by atoms with Gasteiger partial charge < -0.3 is 15.3 Å². The van der Waals surface area contributed by atoms with Crippen LogP contribution in [0.15, 0.2) is 30.6 Å². The van der Waals surface area contributed by atoms with Gasteiger partial charge in [-0.1, -0.05) is 17.7 Å². The lowest BCUT2D eigenvalue weighted by Crippen LogP contribution is -2.46. The SMILES string of the molecule is Cc1cccnc1-c1cc(N2CCC(NC(=O)CC(C)(C)O)CC2)ncc1Cl. The molecule has 2 aromatic heterocycles. The fraction of sp³-hybridized carbons (Fsp3) is 0.476. The summed E-state index contributed by atoms with van der Waals surface area (Å²) in [4.78, 5) is 23.2. The molecule has 0 saturated carbocycles. The topological polar surface area (TPSA) is 78.4 Å². The van der Waals surface area contributed by atoms with Crippen molar-refractivity contribution < 1.29 is 9.90 Å². The summed E-state index contributed by atoms with van der Waals surface area (Å²) in [5, 5.41) is 13.4. The average molecular weight is 403 g/mol. The van der Waals surface area contributed by atoms with E-state index in [-0.39, 0.29) is 18.4 Å². The molecule has 0 unspecified atom stereocenters. The lowest BCUT2D eigenvalue weighted by atomic mass is 10.0. The minimum atomic E-state index is -0.988. The van der Waals surface area contributed by atoms with Crippen LogP contribution in [0.2, 0.25) is 5.02 Å². The van der Waals surface area contributed by atoms with Gasteiger partial charge in [0.15, 0.2) is 0 Å². The second-order valence-corrected chi connectivity index (χ2v) is 8.42. The summed E-state index contributed by atoms with van der Waals surface area (Å²) >= 11 is 6.39. The number of anilines is 1. The van der Waals surface area contributed by atoms with Crippen molar-refractivity contribution in [3.63, 3.8) is 0 Å². The molecule has 1 amide bonds. The van der Waals surface area contributed by atoms with E-state index in [0.717, 1.165) is 48.6 Å². The maximum atomic E-state index is 12.0. The number of rotatable bonds is 5. The molecule has 1 aliphatic heterocycles. The van der Waals surface area contributed by atoms with E-state index in [4.69, 9.17) is 11.6 Å². The molecule has 2 aromatic rings. The van der Waals surface area contributed by atoms with Crippen LogP contribution in [0.25, 0.3) is 11.3 Å². The number of carbonyl (C=O) groups excluding carboxylic acids is 1. The van der Waals surface area contributed by atoms with Crippen molar-refractivity contribution in [3.05, 3.63) is 41.2 Å². The normalized spacial score (nSPS) is 15.5. The maximum Gasteiger partial charge on any atom is 0.223 e. The average Bonchev–Trinajstić information content (AvgIpc) is 2.62. The first-order chi connectivity index (χ1) is 13.2. The van der Waals surface area contributed by atoms with Crippen LogP contribution in [0, 0.1) is 6.92 Å². The molecule has 0 radical (unpaired) electrons. The fourth-order valence-electron chi connectivity index (χ4n) is 3.47. The number of hydrogen-bond donors (Lipinski definition) is 2. The van der Waals surface area contributed by atoms with E-state index in [1.807, 2.05) is 25.1 Å². The minimum Gasteiger partial charge on any atom is -0.390 e. The molecule has 6 nitrogen and oxygen atoms in total. The van der Waals surface area contributed by atoms with Crippen LogP contribution >= 0.6 is 11.6 Å². The summed E-state index contributed by atoms with van der Waals surface area (Å²) in [5.41, 5.74) is 1.82. The van der Waals surface area contributed by atoms with Gasteiger partial charge in [0.1, 0.15) is 5.82 Å². The zero-order valence-electron chi connectivity index (χ0n) is 16.6. The lowest BCUT2D eigenvalue weighted by molar-refractivity contribution is -0.125. The summed E-state index contributed by atoms with van der Waals surface area (Å²) in [7, 11) is 0. The maximum absolute atomic E-state index is 12.0. The predicted octanol–water partition coefficient (Wildman–Crippen LogP) is 3.35. The van der Waals surface area contributed by atoms with Crippen LogP contribution in [0.3, 0.4) is 0 Å². The van der Waals surface area contributed by atoms with Crippen LogP contribution < -0.4 is 10.2 Å². The van der Waals surface area contributed by atoms with Gasteiger partial charge in [-0.2, -0.15) is 0 Å². The van der Waals surface area contributed by atoms with E-state index in [0.29, 0.717) is 5.02 Å². The van der Waals surface area contributed by atoms with Crippen molar-refractivity contribution >= 4 is 23.3 Å². The second-order valence-electron chi connectivity index (χ2n) is 8.01. The van der Waals surface area contributed by atoms with Crippen LogP contribution in [0.4, 0.5) is 5.82 Å². The van der Waals surface area contributed by atoms with Crippen molar-refractivity contribution in [2.45, 2.75) is 51.7 Å². The standard InChI is InChI=1S/C21H27ClN4O2/c1-14-5-4-8-23-20(14)16-11-18(24-13-17(16)22)26-9-6-15(7-10-26)25-19(27)12-21(2,3)28/h4-5,8,11,13,15,28H,6-7,9-10,12H2,1-3H3,(H,25,27). The summed E-state index contributed by atoms with van der Waals surface area (Å²) in [5.74, 6) is 0.759. The molecule has 0 aliphatic carbocycles. The van der Waals surface area contributed by atoms with Crippen LogP contribution in [-0.2, 0) is 4.79 Å². The molecule has 1 saturated heterocycles. The van der Waals surface area contributed by atoms with E-state index in [9.17, 15) is 9.90 Å². The smallest absolute Gasteiger partial charge is 0.223 e. The van der Waals surface area contributed by atoms with Crippen molar-refractivity contribution in [3.8, 4) is 11.3 Å². The number of carbonyl (C=O) groups is 1. The number of aryl methyl sites for hydroxylation is 1. The van der Waals surface area contributed by atoms with Crippen LogP contribution in [-0.4, -0.2) is 45.7 Å². The van der Waals surface area contributed by atoms with Crippen molar-refractivity contribution in [2.24, 2.45) is 0 Å². The molecule has 2 N–H and O–H groups in total. The van der Waals surface area contributed by atoms with Gasteiger partial charge in [-0.15, -0.1) is 0 Å². The lowest BCUT2D eigenvalue weighted by Gasteiger charge is -2.33. The summed E-state index contributed by atoms with van der Waals surface area (Å²) in [6.45, 7) is 6.89. The number of hydrogen-bond acceptors (Lipinski definition) is 5. The highest BCUT2D eigenvalue weighted by atomic mass is 35.5. The van der Waals surface area contributed by atoms with Gasteiger partial charge >= 0.3 is 0 Å². The van der Waals surface area contributed by atoms with Crippen LogP contribution in [0.5, 0.6) is 0 Å². The van der Waals surface area contributed by atoms with E-state index < -0.39 is 5.60 Å². The van der Waals surface area contributed by atoms with Gasteiger partial charge in [0.2, 0.25) is 5.91 Å². The van der Waals surface area contributed by atoms with E-state index in [1.165, 1.54) is 0 Å². The number of nitrogens with zero attached hydrogens (tertiary/aromatic N) is 3. The van der Waals surface area contributed by atoms with E-state index >= 15 is 0 Å². The summed E-state index contributed by atoms with van der Waals surface area (Å²) in [6.07, 6.45) is 5.22. The Kier molecular flexibility index (Phi) is 6.20. The highest BCUT2D eigenvalue weighted by molar-refractivity contribution is 6.33. The zero-order valence-corrected chi connectivity index (χ0v) is 17.3. The number of pyridine rings is 2. The van der Waals surface area contributed by atoms with Crippen molar-refractivity contribution in [1.82, 2.24) is 15.3 Å². The number of aliphatic hydroxyl groups is 1. The minimum absolute atomic E-state index is 0.108. The largest absolute Gasteiger partial charge is 0.390 e. The van der Waals surface area contributed by atoms with Crippen molar-refractivity contribution in [2.75, 3.05) is 18.0 Å². The Hall–Kier alpha value is -2.18. The zero-order chi connectivity index (χ0) is 20.3. The van der Waals surface area contributed by atoms with Gasteiger partial charge in [0, 0.05) is 37.1 Å². The molecular formula is C21H27ClN4O2. The Labute approximate surface area is 171 Å². The molecule has 3 rings (SSSR count). The monoisotopic (exact) mass is 402 g/mol. The number of aromatic nitrogens is 2. The van der Waals surface area contributed by atoms with E-state index in [1.54, 1.807) is 26.2 Å². The highest BCUT2D eigenvalue weighted by Gasteiger charge is 2.25. The summed E-state index contributed by atoms with van der Waals surface area (Å²) in [6, 6.07) is 6.04. The number of halogens is 1. The van der Waals surface area contributed by atoms with Crippen molar-refractivity contribution in [1.29, 1.82) is 0 Å². The molecule has 0 bridgehead atoms. The second kappa shape index (κ2) is 8.45. The molecule has 7 heteroatoms. The molecule has 28 heavy (non-hydrogen) atoms. The van der Waals surface area contributed by atoms with Gasteiger partial charge in [0.25, 0.3) is 0 Å². The molecule has 1 fully saturated rings. The Morgan fingerprint density at radius 2 is 2.07 bits per heavy atom. The fourth-order valence-corrected chi connectivity index (χ4v) is 3.67. The first-order valence-corrected chi connectivity index (χ1v) is 9.95. The van der Waals surface area contributed by atoms with Gasteiger partial charge in [-0.25, -0.2) is 4.98 Å². The molecule has 0 spiro atoms. The molecule has 150 valence electrons. The quantitative estimate of drug-likeness (QED) is 0.801.